The standard InChI is InChI=1S/C15H22F2N2O3/c1-10(20)8-15(2,3)9-18-14(21)19-11-5-4-6-12(7-11)22-13(16)17/h4-7,10,13,20H,8-9H2,1-3H3,(H2,18,19,21). The van der Waals surface area contributed by atoms with Gasteiger partial charge in [-0.1, -0.05) is 19.9 Å². The van der Waals surface area contributed by atoms with Crippen LogP contribution in [0.3, 0.4) is 0 Å². The van der Waals surface area contributed by atoms with Gasteiger partial charge in [-0.3, -0.25) is 0 Å². The smallest absolute Gasteiger partial charge is 0.387 e. The van der Waals surface area contributed by atoms with Gasteiger partial charge in [0.25, 0.3) is 0 Å². The maximum absolute atomic E-state index is 12.1. The Morgan fingerprint density at radius 2 is 2.09 bits per heavy atom. The number of hydrogen-bond acceptors (Lipinski definition) is 3. The number of ether oxygens (including phenoxy) is 1. The molecule has 0 aromatic heterocycles. The lowest BCUT2D eigenvalue weighted by molar-refractivity contribution is -0.0498. The van der Waals surface area contributed by atoms with E-state index in [1.807, 2.05) is 13.8 Å². The molecule has 0 radical (unpaired) electrons. The predicted molar refractivity (Wildman–Crippen MR) is 80.2 cm³/mol. The van der Waals surface area contributed by atoms with Crippen molar-refractivity contribution in [3.05, 3.63) is 24.3 Å². The number of urea groups is 1. The number of amides is 2. The second-order valence-corrected chi connectivity index (χ2v) is 5.93. The van der Waals surface area contributed by atoms with E-state index in [1.54, 1.807) is 13.0 Å². The molecule has 0 fully saturated rings. The van der Waals surface area contributed by atoms with Crippen molar-refractivity contribution < 1.29 is 23.4 Å². The number of alkyl halides is 2. The number of halogens is 2. The number of aliphatic hydroxyl groups excluding tert-OH is 1. The first-order valence-electron chi connectivity index (χ1n) is 6.96. The van der Waals surface area contributed by atoms with E-state index in [-0.39, 0.29) is 11.2 Å². The van der Waals surface area contributed by atoms with E-state index in [9.17, 15) is 18.7 Å². The van der Waals surface area contributed by atoms with Gasteiger partial charge in [-0.15, -0.1) is 0 Å². The average Bonchev–Trinajstić information content (AvgIpc) is 2.34. The number of hydrogen-bond donors (Lipinski definition) is 3. The molecule has 1 atom stereocenters. The molecular formula is C15H22F2N2O3. The lowest BCUT2D eigenvalue weighted by Gasteiger charge is -2.26. The molecule has 22 heavy (non-hydrogen) atoms. The summed E-state index contributed by atoms with van der Waals surface area (Å²) in [6.07, 6.45) is 0.0911. The molecule has 1 aromatic carbocycles. The summed E-state index contributed by atoms with van der Waals surface area (Å²) in [5, 5.41) is 14.6. The molecule has 2 amide bonds. The largest absolute Gasteiger partial charge is 0.435 e. The molecule has 0 saturated carbocycles. The molecule has 0 spiro atoms. The van der Waals surface area contributed by atoms with Crippen LogP contribution in [0.25, 0.3) is 0 Å². The summed E-state index contributed by atoms with van der Waals surface area (Å²) in [7, 11) is 0. The zero-order valence-corrected chi connectivity index (χ0v) is 12.9. The number of rotatable bonds is 7. The van der Waals surface area contributed by atoms with E-state index in [1.165, 1.54) is 18.2 Å². The fourth-order valence-electron chi connectivity index (χ4n) is 2.12. The normalized spacial score (nSPS) is 12.9. The summed E-state index contributed by atoms with van der Waals surface area (Å²) >= 11 is 0. The highest BCUT2D eigenvalue weighted by Gasteiger charge is 2.21. The van der Waals surface area contributed by atoms with Crippen LogP contribution in [-0.4, -0.2) is 30.4 Å². The minimum Gasteiger partial charge on any atom is -0.435 e. The zero-order valence-electron chi connectivity index (χ0n) is 12.9. The average molecular weight is 316 g/mol. The third kappa shape index (κ3) is 7.21. The molecule has 1 aromatic rings. The molecule has 1 rings (SSSR count). The lowest BCUT2D eigenvalue weighted by Crippen LogP contribution is -2.38. The van der Waals surface area contributed by atoms with Crippen molar-refractivity contribution in [1.29, 1.82) is 0 Å². The molecule has 5 nitrogen and oxygen atoms in total. The van der Waals surface area contributed by atoms with Crippen LogP contribution in [0.2, 0.25) is 0 Å². The fraction of sp³-hybridized carbons (Fsp3) is 0.533. The number of nitrogens with one attached hydrogen (secondary N) is 2. The van der Waals surface area contributed by atoms with Gasteiger partial charge in [-0.05, 0) is 30.9 Å². The van der Waals surface area contributed by atoms with Crippen molar-refractivity contribution >= 4 is 11.7 Å². The fourth-order valence-corrected chi connectivity index (χ4v) is 2.12. The Balaban J connectivity index is 2.51. The summed E-state index contributed by atoms with van der Waals surface area (Å²) in [4.78, 5) is 11.8. The number of anilines is 1. The first kappa shape index (κ1) is 18.2. The zero-order chi connectivity index (χ0) is 16.8. The second-order valence-electron chi connectivity index (χ2n) is 5.93. The van der Waals surface area contributed by atoms with Crippen LogP contribution in [0.4, 0.5) is 19.3 Å². The van der Waals surface area contributed by atoms with Crippen molar-refractivity contribution in [3.63, 3.8) is 0 Å². The van der Waals surface area contributed by atoms with Gasteiger partial charge in [0.05, 0.1) is 6.10 Å². The minimum atomic E-state index is -2.91. The summed E-state index contributed by atoms with van der Waals surface area (Å²) in [6.45, 7) is 3.01. The topological polar surface area (TPSA) is 70.6 Å². The molecule has 0 saturated heterocycles. The van der Waals surface area contributed by atoms with Crippen molar-refractivity contribution in [2.75, 3.05) is 11.9 Å². The molecule has 0 aliphatic heterocycles. The third-order valence-electron chi connectivity index (χ3n) is 2.89. The molecule has 7 heteroatoms. The summed E-state index contributed by atoms with van der Waals surface area (Å²) in [6, 6.07) is 5.31. The molecule has 0 aliphatic carbocycles. The van der Waals surface area contributed by atoms with Crippen LogP contribution in [0.5, 0.6) is 5.75 Å². The Kier molecular flexibility index (Phi) is 6.55. The molecule has 0 aliphatic rings. The molecule has 124 valence electrons. The Labute approximate surface area is 128 Å². The monoisotopic (exact) mass is 316 g/mol. The van der Waals surface area contributed by atoms with E-state index < -0.39 is 18.7 Å². The summed E-state index contributed by atoms with van der Waals surface area (Å²) < 4.78 is 28.5. The van der Waals surface area contributed by atoms with Crippen LogP contribution in [-0.2, 0) is 0 Å². The Morgan fingerprint density at radius 1 is 1.41 bits per heavy atom. The summed E-state index contributed by atoms with van der Waals surface area (Å²) in [5.41, 5.74) is 0.0931. The van der Waals surface area contributed by atoms with Gasteiger partial charge in [0.1, 0.15) is 5.75 Å². The van der Waals surface area contributed by atoms with Crippen molar-refractivity contribution in [2.45, 2.75) is 39.9 Å². The van der Waals surface area contributed by atoms with Crippen LogP contribution in [0.1, 0.15) is 27.2 Å². The Morgan fingerprint density at radius 3 is 2.68 bits per heavy atom. The van der Waals surface area contributed by atoms with Gasteiger partial charge >= 0.3 is 12.6 Å². The maximum Gasteiger partial charge on any atom is 0.387 e. The highest BCUT2D eigenvalue weighted by atomic mass is 19.3. The SMILES string of the molecule is CC(O)CC(C)(C)CNC(=O)Nc1cccc(OC(F)F)c1. The number of carbonyl (C=O) groups is 1. The van der Waals surface area contributed by atoms with Crippen molar-refractivity contribution in [1.82, 2.24) is 5.32 Å². The third-order valence-corrected chi connectivity index (χ3v) is 2.89. The first-order valence-corrected chi connectivity index (χ1v) is 6.96. The van der Waals surface area contributed by atoms with Crippen LogP contribution >= 0.6 is 0 Å². The molecule has 0 bridgehead atoms. The predicted octanol–water partition coefficient (Wildman–Crippen LogP) is 3.21. The molecular weight excluding hydrogens is 294 g/mol. The van der Waals surface area contributed by atoms with Gasteiger partial charge in [-0.25, -0.2) is 4.79 Å². The van der Waals surface area contributed by atoms with Crippen LogP contribution in [0, 0.1) is 5.41 Å². The van der Waals surface area contributed by atoms with E-state index >= 15 is 0 Å². The van der Waals surface area contributed by atoms with Crippen molar-refractivity contribution in [3.8, 4) is 5.75 Å². The molecule has 1 unspecified atom stereocenters. The van der Waals surface area contributed by atoms with Gasteiger partial charge < -0.3 is 20.5 Å². The van der Waals surface area contributed by atoms with Crippen LogP contribution < -0.4 is 15.4 Å². The van der Waals surface area contributed by atoms with E-state index in [2.05, 4.69) is 15.4 Å². The number of aliphatic hydroxyl groups is 1. The molecule has 0 heterocycles. The number of carbonyl (C=O) groups excluding carboxylic acids is 1. The first-order chi connectivity index (χ1) is 10.2. The highest BCUT2D eigenvalue weighted by Crippen LogP contribution is 2.22. The number of benzene rings is 1. The van der Waals surface area contributed by atoms with Crippen molar-refractivity contribution in [2.24, 2.45) is 5.41 Å². The van der Waals surface area contributed by atoms with E-state index in [0.717, 1.165) is 0 Å². The van der Waals surface area contributed by atoms with E-state index in [0.29, 0.717) is 18.7 Å². The minimum absolute atomic E-state index is 0.0257. The van der Waals surface area contributed by atoms with Gasteiger partial charge in [-0.2, -0.15) is 8.78 Å². The molecule has 3 N–H and O–H groups in total. The van der Waals surface area contributed by atoms with Crippen LogP contribution in [0.15, 0.2) is 24.3 Å². The van der Waals surface area contributed by atoms with E-state index in [4.69, 9.17) is 0 Å². The summed E-state index contributed by atoms with van der Waals surface area (Å²) in [5.74, 6) is -0.0257. The maximum atomic E-state index is 12.1. The van der Waals surface area contributed by atoms with Gasteiger partial charge in [0.2, 0.25) is 0 Å². The Hall–Kier alpha value is -1.89. The highest BCUT2D eigenvalue weighted by molar-refractivity contribution is 5.89. The lowest BCUT2D eigenvalue weighted by atomic mass is 9.87. The van der Waals surface area contributed by atoms with Gasteiger partial charge in [0.15, 0.2) is 0 Å². The quantitative estimate of drug-likeness (QED) is 0.723. The Bertz CT molecular complexity index is 493. The second kappa shape index (κ2) is 7.93. The van der Waals surface area contributed by atoms with Gasteiger partial charge in [0, 0.05) is 18.3 Å².